The van der Waals surface area contributed by atoms with Gasteiger partial charge >= 0.3 is 6.18 Å². The largest absolute Gasteiger partial charge is 0.416 e. The number of nitrogens with zero attached hydrogens (tertiary/aromatic N) is 6. The zero-order valence-electron chi connectivity index (χ0n) is 23.0. The molecule has 0 bridgehead atoms. The zero-order valence-corrected chi connectivity index (χ0v) is 23.8. The lowest BCUT2D eigenvalue weighted by atomic mass is 10.1. The lowest BCUT2D eigenvalue weighted by molar-refractivity contribution is -0.137. The molecule has 1 saturated heterocycles. The number of anilines is 1. The number of aromatic nitrogens is 3. The van der Waals surface area contributed by atoms with Crippen molar-refractivity contribution in [2.45, 2.75) is 39.3 Å². The molecule has 0 atom stereocenters. The van der Waals surface area contributed by atoms with Crippen LogP contribution in [0.25, 0.3) is 10.6 Å². The first-order valence-corrected chi connectivity index (χ1v) is 13.8. The van der Waals surface area contributed by atoms with Crippen molar-refractivity contribution < 1.29 is 22.8 Å². The number of carbonyl (C=O) groups is 2. The van der Waals surface area contributed by atoms with Gasteiger partial charge in [-0.25, -0.2) is 9.67 Å². The van der Waals surface area contributed by atoms with Gasteiger partial charge in [-0.1, -0.05) is 15.8 Å². The number of nitrogens with one attached hydrogen (secondary N) is 3. The molecular weight excluding hydrogens is 571 g/mol. The summed E-state index contributed by atoms with van der Waals surface area (Å²) in [5.41, 5.74) is 6.77. The van der Waals surface area contributed by atoms with E-state index in [-0.39, 0.29) is 22.8 Å². The molecule has 2 aromatic carbocycles. The Kier molecular flexibility index (Phi) is 8.22. The minimum absolute atomic E-state index is 0.0146. The number of amides is 2. The van der Waals surface area contributed by atoms with Gasteiger partial charge in [-0.15, -0.1) is 5.10 Å². The van der Waals surface area contributed by atoms with Gasteiger partial charge in [0.2, 0.25) is 5.91 Å². The molecule has 42 heavy (non-hydrogen) atoms. The first kappa shape index (κ1) is 29.1. The molecule has 15 heteroatoms. The molecule has 0 spiro atoms. The number of rotatable bonds is 6. The highest BCUT2D eigenvalue weighted by Gasteiger charge is 2.31. The molecule has 5 rings (SSSR count). The number of aryl methyl sites for hydroxylation is 1. The van der Waals surface area contributed by atoms with Crippen LogP contribution < -0.4 is 16.2 Å². The smallest absolute Gasteiger partial charge is 0.363 e. The van der Waals surface area contributed by atoms with Crippen LogP contribution in [-0.2, 0) is 11.0 Å². The van der Waals surface area contributed by atoms with E-state index < -0.39 is 17.6 Å². The monoisotopic (exact) mass is 599 g/mol. The maximum absolute atomic E-state index is 13.7. The molecular formula is C27H28F3N9O2S. The normalized spacial score (nSPS) is 16.8. The van der Waals surface area contributed by atoms with Crippen molar-refractivity contribution in [2.75, 3.05) is 18.9 Å². The molecule has 1 aromatic heterocycles. The lowest BCUT2D eigenvalue weighted by Crippen LogP contribution is -2.40. The van der Waals surface area contributed by atoms with Crippen molar-refractivity contribution in [3.63, 3.8) is 0 Å². The maximum atomic E-state index is 13.7. The third-order valence-corrected chi connectivity index (χ3v) is 7.47. The Labute approximate surface area is 243 Å². The summed E-state index contributed by atoms with van der Waals surface area (Å²) in [5.74, 6) is -0.127. The van der Waals surface area contributed by atoms with Crippen molar-refractivity contribution in [1.82, 2.24) is 35.3 Å². The molecule has 220 valence electrons. The summed E-state index contributed by atoms with van der Waals surface area (Å²) in [6.45, 7) is 4.01. The predicted molar refractivity (Wildman–Crippen MR) is 153 cm³/mol. The van der Waals surface area contributed by atoms with Crippen LogP contribution in [0.4, 0.5) is 24.5 Å². The number of hydrazine groups is 2. The van der Waals surface area contributed by atoms with Gasteiger partial charge in [0.1, 0.15) is 11.5 Å². The average Bonchev–Trinajstić information content (AvgIpc) is 3.59. The number of hydrogen-bond donors (Lipinski definition) is 3. The van der Waals surface area contributed by atoms with Crippen LogP contribution in [0.2, 0.25) is 0 Å². The number of carbonyl (C=O) groups excluding carboxylic acids is 2. The Morgan fingerprint density at radius 2 is 1.95 bits per heavy atom. The summed E-state index contributed by atoms with van der Waals surface area (Å²) < 4.78 is 44.1. The molecule has 2 aliphatic rings. The molecule has 1 fully saturated rings. The minimum Gasteiger partial charge on any atom is -0.363 e. The van der Waals surface area contributed by atoms with Gasteiger partial charge in [0, 0.05) is 56.3 Å². The third-order valence-electron chi connectivity index (χ3n) is 6.57. The van der Waals surface area contributed by atoms with Crippen molar-refractivity contribution in [3.8, 4) is 5.69 Å². The van der Waals surface area contributed by atoms with Gasteiger partial charge in [-0.2, -0.15) is 13.2 Å². The Bertz CT molecular complexity index is 1580. The first-order valence-electron chi connectivity index (χ1n) is 13.0. The second-order valence-electron chi connectivity index (χ2n) is 9.87. The van der Waals surface area contributed by atoms with Crippen molar-refractivity contribution in [2.24, 2.45) is 4.99 Å². The van der Waals surface area contributed by atoms with Gasteiger partial charge < -0.3 is 10.2 Å². The Hall–Kier alpha value is -4.37. The summed E-state index contributed by atoms with van der Waals surface area (Å²) in [6, 6.07) is 8.22. The number of likely N-dealkylation sites (tertiary alicyclic amines) is 1. The van der Waals surface area contributed by atoms with E-state index in [2.05, 4.69) is 31.5 Å². The number of amidine groups is 1. The second-order valence-corrected chi connectivity index (χ2v) is 10.9. The summed E-state index contributed by atoms with van der Waals surface area (Å²) in [7, 11) is 1.86. The van der Waals surface area contributed by atoms with Crippen LogP contribution in [-0.4, -0.2) is 55.7 Å². The van der Waals surface area contributed by atoms with E-state index in [0.717, 1.165) is 37.1 Å². The average molecular weight is 600 g/mol. The highest BCUT2D eigenvalue weighted by molar-refractivity contribution is 8.06. The minimum atomic E-state index is -4.61. The molecule has 0 aliphatic carbocycles. The molecule has 3 N–H and O–H groups in total. The van der Waals surface area contributed by atoms with Gasteiger partial charge in [-0.3, -0.25) is 20.4 Å². The van der Waals surface area contributed by atoms with Crippen LogP contribution in [0.15, 0.2) is 53.8 Å². The predicted octanol–water partition coefficient (Wildman–Crippen LogP) is 4.81. The Morgan fingerprint density at radius 3 is 2.69 bits per heavy atom. The van der Waals surface area contributed by atoms with E-state index >= 15 is 0 Å². The van der Waals surface area contributed by atoms with E-state index in [9.17, 15) is 22.8 Å². The molecule has 0 saturated carbocycles. The van der Waals surface area contributed by atoms with Crippen molar-refractivity contribution in [3.05, 3.63) is 71.2 Å². The van der Waals surface area contributed by atoms with E-state index in [0.29, 0.717) is 28.5 Å². The van der Waals surface area contributed by atoms with Gasteiger partial charge in [0.25, 0.3) is 5.91 Å². The highest BCUT2D eigenvalue weighted by atomic mass is 32.2. The molecule has 0 unspecified atom stereocenters. The van der Waals surface area contributed by atoms with Gasteiger partial charge in [0.15, 0.2) is 0 Å². The van der Waals surface area contributed by atoms with Crippen LogP contribution >= 0.6 is 11.9 Å². The summed E-state index contributed by atoms with van der Waals surface area (Å²) >= 11 is 1.21. The van der Waals surface area contributed by atoms with Crippen LogP contribution in [0.3, 0.4) is 0 Å². The molecule has 2 aliphatic heterocycles. The topological polar surface area (TPSA) is 120 Å². The quantitative estimate of drug-likeness (QED) is 0.346. The van der Waals surface area contributed by atoms with Gasteiger partial charge in [0.05, 0.1) is 28.0 Å². The Balaban J connectivity index is 1.37. The SMILES string of the molecule is CC(=O)NN1NC=C(c2cn(-c3cc(C(=O)Nc4cc(N=C5CCCCN5C)cc(C(F)(F)F)c4)ccc3C)nn2)S1. The van der Waals surface area contributed by atoms with Crippen LogP contribution in [0.5, 0.6) is 0 Å². The molecule has 3 heterocycles. The summed E-state index contributed by atoms with van der Waals surface area (Å²) in [5, 5.41) is 11.0. The van der Waals surface area contributed by atoms with Crippen molar-refractivity contribution in [1.29, 1.82) is 0 Å². The van der Waals surface area contributed by atoms with E-state index in [1.165, 1.54) is 34.1 Å². The lowest BCUT2D eigenvalue weighted by Gasteiger charge is -2.26. The first-order chi connectivity index (χ1) is 20.0. The standard InChI is InChI=1S/C27H28F3N9O2S/c1-16-7-8-18(10-23(16)38-15-22(34-36-38)24-14-31-39(42-24)35-17(2)40)26(41)33-21-12-19(27(28,29)30)11-20(13-21)32-25-6-4-5-9-37(25)3/h7-8,10-15,31H,4-6,9H2,1-3H3,(H,33,41)(H,35,40). The fourth-order valence-electron chi connectivity index (χ4n) is 4.44. The fraction of sp³-hybridized carbons (Fsp3) is 0.296. The summed E-state index contributed by atoms with van der Waals surface area (Å²) in [4.78, 5) is 31.6. The second kappa shape index (κ2) is 11.9. The van der Waals surface area contributed by atoms with Crippen LogP contribution in [0.1, 0.15) is 53.4 Å². The highest BCUT2D eigenvalue weighted by Crippen LogP contribution is 2.35. The van der Waals surface area contributed by atoms with E-state index in [1.807, 2.05) is 18.9 Å². The molecule has 0 radical (unpaired) electrons. The zero-order chi connectivity index (χ0) is 30.0. The molecule has 11 nitrogen and oxygen atoms in total. The number of piperidine rings is 1. The van der Waals surface area contributed by atoms with E-state index in [4.69, 9.17) is 0 Å². The van der Waals surface area contributed by atoms with E-state index in [1.54, 1.807) is 30.6 Å². The maximum Gasteiger partial charge on any atom is 0.416 e. The van der Waals surface area contributed by atoms with Crippen LogP contribution in [0, 0.1) is 6.92 Å². The molecule has 3 aromatic rings. The number of benzene rings is 2. The number of alkyl halides is 3. The number of hydrogen-bond acceptors (Lipinski definition) is 8. The van der Waals surface area contributed by atoms with Crippen molar-refractivity contribution >= 4 is 45.9 Å². The number of aliphatic imine (C=N–C) groups is 1. The fourth-order valence-corrected chi connectivity index (χ4v) is 5.20. The summed E-state index contributed by atoms with van der Waals surface area (Å²) in [6.07, 6.45) is 1.30. The van der Waals surface area contributed by atoms with Gasteiger partial charge in [-0.05, 0) is 55.7 Å². The Morgan fingerprint density at radius 1 is 1.14 bits per heavy atom. The number of halogens is 3. The molecule has 2 amide bonds. The third kappa shape index (κ3) is 6.74.